The van der Waals surface area contributed by atoms with Gasteiger partial charge in [0.1, 0.15) is 21.2 Å². The van der Waals surface area contributed by atoms with E-state index in [9.17, 15) is 57.0 Å². The van der Waals surface area contributed by atoms with E-state index in [1.54, 1.807) is 30.3 Å². The maximum atomic E-state index is 12.5. The molecule has 0 aliphatic carbocycles. The van der Waals surface area contributed by atoms with E-state index in [2.05, 4.69) is 25.8 Å². The molecule has 0 atom stereocenters. The first-order chi connectivity index (χ1) is 25.6. The van der Waals surface area contributed by atoms with Crippen molar-refractivity contribution in [1.29, 1.82) is 0 Å². The number of para-hydroxylation sites is 1. The van der Waals surface area contributed by atoms with Crippen molar-refractivity contribution < 1.29 is 57.0 Å². The first kappa shape index (κ1) is 39.0. The first-order valence-electron chi connectivity index (χ1n) is 15.2. The van der Waals surface area contributed by atoms with E-state index in [1.165, 1.54) is 24.3 Å². The van der Waals surface area contributed by atoms with Gasteiger partial charge in [-0.2, -0.15) is 33.7 Å². The number of nitrogens with zero attached hydrogens (tertiary/aromatic N) is 4. The van der Waals surface area contributed by atoms with Crippen LogP contribution in [0.15, 0.2) is 137 Å². The van der Waals surface area contributed by atoms with Crippen LogP contribution in [0.3, 0.4) is 0 Å². The predicted molar refractivity (Wildman–Crippen MR) is 198 cm³/mol. The molecule has 0 radical (unpaired) electrons. The molecule has 284 valence electrons. The van der Waals surface area contributed by atoms with Crippen LogP contribution in [0.2, 0.25) is 0 Å². The molecule has 0 aromatic heterocycles. The Morgan fingerprint density at radius 3 is 1.69 bits per heavy atom. The molecule has 55 heavy (non-hydrogen) atoms. The first-order valence-corrected chi connectivity index (χ1v) is 20.9. The quantitative estimate of drug-likeness (QED) is 0.0573. The lowest BCUT2D eigenvalue weighted by molar-refractivity contribution is 0.472. The smallest absolute Gasteiger partial charge is 0.296 e. The standard InChI is InChI=1S/C33H25N5O13S4/c1-18-13-30(54(46,47)48)28(17-29(18)53(43,44)45)37-35-26-11-12-27(25-16-22(52(40,41)42)8-10-24(25)26)36-38-32-31(55(49,50)51)15-19-14-21(7-9-23(19)33(32)39)34-20-5-3-2-4-6-20/h2-17,34,39H,1H3,(H,40,41,42)(H,43,44,45)(H,46,47,48)(H,49,50,51)/b37-35+,38-36+. The van der Waals surface area contributed by atoms with E-state index in [0.717, 1.165) is 37.3 Å². The molecule has 0 bridgehead atoms. The van der Waals surface area contributed by atoms with Crippen molar-refractivity contribution in [3.8, 4) is 5.75 Å². The lowest BCUT2D eigenvalue weighted by atomic mass is 10.1. The second-order valence-corrected chi connectivity index (χ2v) is 17.3. The molecular formula is C33H25N5O13S4. The molecule has 6 N–H and O–H groups in total. The van der Waals surface area contributed by atoms with Crippen LogP contribution in [0.5, 0.6) is 5.75 Å². The second-order valence-electron chi connectivity index (χ2n) is 11.7. The number of hydrogen-bond acceptors (Lipinski definition) is 14. The topological polar surface area (TPSA) is 299 Å². The monoisotopic (exact) mass is 827 g/mol. The van der Waals surface area contributed by atoms with E-state index < -0.39 is 77.2 Å². The van der Waals surface area contributed by atoms with Gasteiger partial charge in [-0.3, -0.25) is 18.2 Å². The zero-order chi connectivity index (χ0) is 40.1. The molecule has 0 spiro atoms. The molecule has 0 fully saturated rings. The van der Waals surface area contributed by atoms with Crippen LogP contribution in [0.25, 0.3) is 21.5 Å². The summed E-state index contributed by atoms with van der Waals surface area (Å²) in [6.07, 6.45) is 0. The highest BCUT2D eigenvalue weighted by molar-refractivity contribution is 7.86. The molecule has 0 aliphatic heterocycles. The average molecular weight is 828 g/mol. The van der Waals surface area contributed by atoms with Crippen LogP contribution in [-0.2, 0) is 40.5 Å². The van der Waals surface area contributed by atoms with Gasteiger partial charge in [0, 0.05) is 27.5 Å². The predicted octanol–water partition coefficient (Wildman–Crippen LogP) is 7.57. The third-order valence-electron chi connectivity index (χ3n) is 7.97. The summed E-state index contributed by atoms with van der Waals surface area (Å²) in [5.41, 5.74) is -0.752. The van der Waals surface area contributed by atoms with Crippen molar-refractivity contribution in [3.63, 3.8) is 0 Å². The minimum Gasteiger partial charge on any atom is -0.505 e. The summed E-state index contributed by atoms with van der Waals surface area (Å²) in [5, 5.41) is 30.2. The Bertz CT molecular complexity index is 3080. The molecule has 0 amide bonds. The average Bonchev–Trinajstić information content (AvgIpc) is 3.09. The summed E-state index contributed by atoms with van der Waals surface area (Å²) >= 11 is 0. The van der Waals surface area contributed by atoms with Crippen LogP contribution < -0.4 is 5.32 Å². The number of phenolic OH excluding ortho intramolecular Hbond substituents is 1. The van der Waals surface area contributed by atoms with Crippen LogP contribution in [0.1, 0.15) is 5.56 Å². The Balaban J connectivity index is 1.49. The highest BCUT2D eigenvalue weighted by atomic mass is 32.2. The lowest BCUT2D eigenvalue weighted by Crippen LogP contribution is -2.05. The molecule has 0 saturated heterocycles. The van der Waals surface area contributed by atoms with Gasteiger partial charge in [-0.1, -0.05) is 24.3 Å². The number of rotatable bonds is 10. The summed E-state index contributed by atoms with van der Waals surface area (Å²) in [5.74, 6) is -0.689. The van der Waals surface area contributed by atoms with E-state index >= 15 is 0 Å². The van der Waals surface area contributed by atoms with Crippen molar-refractivity contribution in [3.05, 3.63) is 103 Å². The van der Waals surface area contributed by atoms with Crippen molar-refractivity contribution >= 4 is 96.1 Å². The maximum absolute atomic E-state index is 12.5. The molecule has 0 saturated carbocycles. The van der Waals surface area contributed by atoms with Gasteiger partial charge in [0.05, 0.1) is 21.2 Å². The second kappa shape index (κ2) is 14.2. The van der Waals surface area contributed by atoms with Crippen LogP contribution in [-0.4, -0.2) is 57.0 Å². The highest BCUT2D eigenvalue weighted by Gasteiger charge is 2.24. The highest BCUT2D eigenvalue weighted by Crippen LogP contribution is 2.44. The van der Waals surface area contributed by atoms with Gasteiger partial charge in [-0.05, 0) is 90.7 Å². The number of aromatic hydroxyl groups is 1. The van der Waals surface area contributed by atoms with Crippen molar-refractivity contribution in [1.82, 2.24) is 0 Å². The number of phenols is 1. The van der Waals surface area contributed by atoms with Gasteiger partial charge in [-0.15, -0.1) is 20.5 Å². The maximum Gasteiger partial charge on any atom is 0.296 e. The van der Waals surface area contributed by atoms with Crippen LogP contribution >= 0.6 is 0 Å². The fourth-order valence-corrected chi connectivity index (χ4v) is 8.05. The molecule has 22 heteroatoms. The zero-order valence-electron chi connectivity index (χ0n) is 27.7. The lowest BCUT2D eigenvalue weighted by Gasteiger charge is -2.12. The van der Waals surface area contributed by atoms with Gasteiger partial charge in [0.25, 0.3) is 40.5 Å². The molecule has 0 unspecified atom stereocenters. The molecule has 6 aromatic carbocycles. The Kier molecular flexibility index (Phi) is 10.0. The number of aryl methyl sites for hydroxylation is 1. The number of azo groups is 2. The number of nitrogens with one attached hydrogen (secondary N) is 1. The van der Waals surface area contributed by atoms with Gasteiger partial charge in [0.15, 0.2) is 5.75 Å². The van der Waals surface area contributed by atoms with Crippen LogP contribution in [0, 0.1) is 6.92 Å². The minimum absolute atomic E-state index is 0.0132. The normalized spacial score (nSPS) is 13.0. The summed E-state index contributed by atoms with van der Waals surface area (Å²) in [6, 6.07) is 21.5. The summed E-state index contributed by atoms with van der Waals surface area (Å²) in [7, 11) is -19.8. The van der Waals surface area contributed by atoms with E-state index in [-0.39, 0.29) is 38.5 Å². The molecule has 18 nitrogen and oxygen atoms in total. The van der Waals surface area contributed by atoms with E-state index in [1.807, 2.05) is 6.07 Å². The SMILES string of the molecule is Cc1cc(S(=O)(=O)O)c(/N=N/c2ccc(/N=N/c3c(S(=O)(=O)O)cc4cc(Nc5ccccc5)ccc4c3O)c3cc(S(=O)(=O)O)ccc23)cc1S(=O)(=O)O. The zero-order valence-corrected chi connectivity index (χ0v) is 30.9. The van der Waals surface area contributed by atoms with Gasteiger partial charge < -0.3 is 10.4 Å². The largest absolute Gasteiger partial charge is 0.505 e. The fourth-order valence-electron chi connectivity index (χ4n) is 5.47. The minimum atomic E-state index is -5.05. The summed E-state index contributed by atoms with van der Waals surface area (Å²) in [6.45, 7) is 1.16. The van der Waals surface area contributed by atoms with Gasteiger partial charge in [0.2, 0.25) is 0 Å². The Morgan fingerprint density at radius 1 is 0.491 bits per heavy atom. The van der Waals surface area contributed by atoms with Gasteiger partial charge in [-0.25, -0.2) is 0 Å². The van der Waals surface area contributed by atoms with Crippen molar-refractivity contribution in [2.45, 2.75) is 26.5 Å². The molecule has 6 rings (SSSR count). The summed E-state index contributed by atoms with van der Waals surface area (Å²) < 4.78 is 136. The summed E-state index contributed by atoms with van der Waals surface area (Å²) in [4.78, 5) is -3.07. The van der Waals surface area contributed by atoms with Crippen LogP contribution in [0.4, 0.5) is 34.1 Å². The third-order valence-corrected chi connectivity index (χ3v) is 11.6. The van der Waals surface area contributed by atoms with Gasteiger partial charge >= 0.3 is 0 Å². The number of hydrogen-bond donors (Lipinski definition) is 6. The number of fused-ring (bicyclic) bond motifs is 2. The van der Waals surface area contributed by atoms with Crippen molar-refractivity contribution in [2.75, 3.05) is 5.32 Å². The number of anilines is 2. The molecule has 0 aliphatic rings. The van der Waals surface area contributed by atoms with Crippen molar-refractivity contribution in [2.24, 2.45) is 20.5 Å². The molecule has 6 aromatic rings. The molecule has 0 heterocycles. The Labute approximate surface area is 312 Å². The van der Waals surface area contributed by atoms with E-state index in [4.69, 9.17) is 0 Å². The Hall–Kier alpha value is -5.72. The molecular weight excluding hydrogens is 803 g/mol. The Morgan fingerprint density at radius 2 is 1.07 bits per heavy atom. The third kappa shape index (κ3) is 8.35. The van der Waals surface area contributed by atoms with E-state index in [0.29, 0.717) is 17.4 Å². The number of benzene rings is 6. The fraction of sp³-hybridized carbons (Fsp3) is 0.0303.